The number of anilines is 1. The molecule has 5 nitrogen and oxygen atoms in total. The Morgan fingerprint density at radius 1 is 1.04 bits per heavy atom. The summed E-state index contributed by atoms with van der Waals surface area (Å²) < 4.78 is 26.8. The lowest BCUT2D eigenvalue weighted by Gasteiger charge is -2.25. The molecule has 0 bridgehead atoms. The fraction of sp³-hybridized carbons (Fsp3) is 0.227. The molecule has 146 valence electrons. The average Bonchev–Trinajstić information content (AvgIpc) is 2.73. The SMILES string of the molecule is CCS(=O)(=O)N(Cc1cccnc1)c1cccc(C(O)c2ccc(C)cc2)c1. The van der Waals surface area contributed by atoms with Crippen molar-refractivity contribution >= 4 is 15.7 Å². The lowest BCUT2D eigenvalue weighted by atomic mass is 10.00. The molecule has 3 rings (SSSR count). The minimum atomic E-state index is -3.50. The molecule has 1 N–H and O–H groups in total. The molecule has 1 unspecified atom stereocenters. The highest BCUT2D eigenvalue weighted by atomic mass is 32.2. The quantitative estimate of drug-likeness (QED) is 0.659. The van der Waals surface area contributed by atoms with Crippen molar-refractivity contribution in [2.24, 2.45) is 0 Å². The van der Waals surface area contributed by atoms with Crippen molar-refractivity contribution in [1.29, 1.82) is 0 Å². The van der Waals surface area contributed by atoms with E-state index in [9.17, 15) is 13.5 Å². The van der Waals surface area contributed by atoms with E-state index >= 15 is 0 Å². The summed E-state index contributed by atoms with van der Waals surface area (Å²) in [6, 6.07) is 18.3. The minimum absolute atomic E-state index is 0.0159. The zero-order chi connectivity index (χ0) is 20.1. The topological polar surface area (TPSA) is 70.5 Å². The van der Waals surface area contributed by atoms with E-state index in [1.54, 1.807) is 49.6 Å². The van der Waals surface area contributed by atoms with Crippen molar-refractivity contribution in [2.75, 3.05) is 10.1 Å². The first kappa shape index (κ1) is 20.0. The number of pyridine rings is 1. The first-order valence-electron chi connectivity index (χ1n) is 9.14. The molecule has 1 heterocycles. The van der Waals surface area contributed by atoms with Gasteiger partial charge >= 0.3 is 0 Å². The molecule has 0 saturated heterocycles. The summed E-state index contributed by atoms with van der Waals surface area (Å²) in [5, 5.41) is 10.8. The molecule has 0 amide bonds. The molecule has 0 radical (unpaired) electrons. The summed E-state index contributed by atoms with van der Waals surface area (Å²) in [4.78, 5) is 4.07. The van der Waals surface area contributed by atoms with Crippen LogP contribution in [0.25, 0.3) is 0 Å². The lowest BCUT2D eigenvalue weighted by molar-refractivity contribution is 0.220. The van der Waals surface area contributed by atoms with Gasteiger partial charge in [-0.25, -0.2) is 8.42 Å². The Kier molecular flexibility index (Phi) is 6.11. The van der Waals surface area contributed by atoms with Crippen LogP contribution in [0.5, 0.6) is 0 Å². The highest BCUT2D eigenvalue weighted by Gasteiger charge is 2.22. The number of hydrogen-bond donors (Lipinski definition) is 1. The number of sulfonamides is 1. The number of rotatable bonds is 7. The number of hydrogen-bond acceptors (Lipinski definition) is 4. The van der Waals surface area contributed by atoms with E-state index in [0.29, 0.717) is 11.3 Å². The molecule has 1 aromatic heterocycles. The number of aliphatic hydroxyl groups excluding tert-OH is 1. The van der Waals surface area contributed by atoms with E-state index in [4.69, 9.17) is 0 Å². The van der Waals surface area contributed by atoms with Crippen molar-refractivity contribution in [3.8, 4) is 0 Å². The summed E-state index contributed by atoms with van der Waals surface area (Å²) in [6.45, 7) is 3.80. The molecule has 3 aromatic rings. The Morgan fingerprint density at radius 3 is 2.43 bits per heavy atom. The highest BCUT2D eigenvalue weighted by Crippen LogP contribution is 2.28. The maximum Gasteiger partial charge on any atom is 0.235 e. The van der Waals surface area contributed by atoms with Crippen LogP contribution in [-0.4, -0.2) is 24.3 Å². The molecule has 6 heteroatoms. The largest absolute Gasteiger partial charge is 0.384 e. The van der Waals surface area contributed by atoms with E-state index in [0.717, 1.165) is 16.7 Å². The van der Waals surface area contributed by atoms with Gasteiger partial charge in [-0.1, -0.05) is 48.0 Å². The normalized spacial score (nSPS) is 12.5. The summed E-state index contributed by atoms with van der Waals surface area (Å²) in [7, 11) is -3.50. The van der Waals surface area contributed by atoms with Crippen LogP contribution in [0.3, 0.4) is 0 Å². The second-order valence-corrected chi connectivity index (χ2v) is 8.86. The van der Waals surface area contributed by atoms with E-state index in [1.165, 1.54) is 4.31 Å². The molecule has 0 aliphatic carbocycles. The van der Waals surface area contributed by atoms with Gasteiger partial charge in [0.15, 0.2) is 0 Å². The van der Waals surface area contributed by atoms with Gasteiger partial charge in [0.05, 0.1) is 18.0 Å². The fourth-order valence-corrected chi connectivity index (χ4v) is 4.05. The van der Waals surface area contributed by atoms with E-state index in [1.807, 2.05) is 37.3 Å². The summed E-state index contributed by atoms with van der Waals surface area (Å²) in [6.07, 6.45) is 2.48. The van der Waals surface area contributed by atoms with Crippen LogP contribution in [0, 0.1) is 6.92 Å². The molecule has 1 atom stereocenters. The van der Waals surface area contributed by atoms with Gasteiger partial charge in [0, 0.05) is 12.4 Å². The smallest absolute Gasteiger partial charge is 0.235 e. The van der Waals surface area contributed by atoms with E-state index in [-0.39, 0.29) is 12.3 Å². The summed E-state index contributed by atoms with van der Waals surface area (Å²) in [5.74, 6) is -0.0159. The van der Waals surface area contributed by atoms with Gasteiger partial charge in [-0.15, -0.1) is 0 Å². The fourth-order valence-electron chi connectivity index (χ4n) is 2.95. The predicted molar refractivity (Wildman–Crippen MR) is 112 cm³/mol. The zero-order valence-corrected chi connectivity index (χ0v) is 16.8. The highest BCUT2D eigenvalue weighted by molar-refractivity contribution is 7.92. The second-order valence-electron chi connectivity index (χ2n) is 6.68. The standard InChI is InChI=1S/C22H24N2O3S/c1-3-28(26,27)24(16-18-6-5-13-23-15-18)21-8-4-7-20(14-21)22(25)19-11-9-17(2)10-12-19/h4-15,22,25H,3,16H2,1-2H3. The van der Waals surface area contributed by atoms with Gasteiger partial charge in [0.1, 0.15) is 6.10 Å². The third kappa shape index (κ3) is 4.58. The predicted octanol–water partition coefficient (Wildman–Crippen LogP) is 3.83. The van der Waals surface area contributed by atoms with Crippen LogP contribution in [0.1, 0.15) is 35.3 Å². The Hall–Kier alpha value is -2.70. The molecule has 0 saturated carbocycles. The lowest BCUT2D eigenvalue weighted by Crippen LogP contribution is -2.32. The first-order valence-corrected chi connectivity index (χ1v) is 10.8. The zero-order valence-electron chi connectivity index (χ0n) is 16.0. The third-order valence-corrected chi connectivity index (χ3v) is 6.36. The average molecular weight is 397 g/mol. The van der Waals surface area contributed by atoms with Gasteiger partial charge in [-0.05, 0) is 48.7 Å². The second kappa shape index (κ2) is 8.54. The van der Waals surface area contributed by atoms with Gasteiger partial charge < -0.3 is 5.11 Å². The van der Waals surface area contributed by atoms with Gasteiger partial charge in [0.2, 0.25) is 10.0 Å². The van der Waals surface area contributed by atoms with Gasteiger partial charge in [-0.3, -0.25) is 9.29 Å². The molecule has 0 fully saturated rings. The van der Waals surface area contributed by atoms with Crippen LogP contribution >= 0.6 is 0 Å². The van der Waals surface area contributed by atoms with Crippen molar-refractivity contribution in [3.05, 3.63) is 95.3 Å². The monoisotopic (exact) mass is 396 g/mol. The van der Waals surface area contributed by atoms with Crippen molar-refractivity contribution in [1.82, 2.24) is 4.98 Å². The van der Waals surface area contributed by atoms with Gasteiger partial charge in [0.25, 0.3) is 0 Å². The van der Waals surface area contributed by atoms with Crippen LogP contribution in [-0.2, 0) is 16.6 Å². The third-order valence-electron chi connectivity index (χ3n) is 4.62. The van der Waals surface area contributed by atoms with Crippen LogP contribution < -0.4 is 4.31 Å². The molecule has 0 aliphatic heterocycles. The van der Waals surface area contributed by atoms with E-state index < -0.39 is 16.1 Å². The maximum atomic E-state index is 12.7. The molecule has 0 spiro atoms. The molecule has 0 aliphatic rings. The first-order chi connectivity index (χ1) is 13.4. The number of aromatic nitrogens is 1. The molecule has 28 heavy (non-hydrogen) atoms. The Morgan fingerprint density at radius 2 is 1.79 bits per heavy atom. The Labute approximate surface area is 166 Å². The number of benzene rings is 2. The maximum absolute atomic E-state index is 12.7. The number of aryl methyl sites for hydroxylation is 1. The van der Waals surface area contributed by atoms with Crippen LogP contribution in [0.4, 0.5) is 5.69 Å². The number of nitrogens with zero attached hydrogens (tertiary/aromatic N) is 2. The molecule has 2 aromatic carbocycles. The van der Waals surface area contributed by atoms with E-state index in [2.05, 4.69) is 4.98 Å². The molecular weight excluding hydrogens is 372 g/mol. The summed E-state index contributed by atoms with van der Waals surface area (Å²) in [5.41, 5.74) is 3.84. The number of aliphatic hydroxyl groups is 1. The Bertz CT molecular complexity index is 1020. The van der Waals surface area contributed by atoms with Crippen molar-refractivity contribution in [3.63, 3.8) is 0 Å². The summed E-state index contributed by atoms with van der Waals surface area (Å²) >= 11 is 0. The minimum Gasteiger partial charge on any atom is -0.384 e. The van der Waals surface area contributed by atoms with Crippen molar-refractivity contribution in [2.45, 2.75) is 26.5 Å². The van der Waals surface area contributed by atoms with Crippen molar-refractivity contribution < 1.29 is 13.5 Å². The van der Waals surface area contributed by atoms with Gasteiger partial charge in [-0.2, -0.15) is 0 Å². The molecular formula is C22H24N2O3S. The van der Waals surface area contributed by atoms with Crippen LogP contribution in [0.2, 0.25) is 0 Å². The Balaban J connectivity index is 1.97. The van der Waals surface area contributed by atoms with Crippen LogP contribution in [0.15, 0.2) is 73.1 Å².